The number of hydrogen-bond acceptors (Lipinski definition) is 5. The lowest BCUT2D eigenvalue weighted by molar-refractivity contribution is -0.137. The van der Waals surface area contributed by atoms with E-state index >= 15 is 0 Å². The Balaban J connectivity index is 2.17. The van der Waals surface area contributed by atoms with Crippen molar-refractivity contribution in [3.8, 4) is 0 Å². The molecule has 1 rings (SSSR count). The van der Waals surface area contributed by atoms with Crippen LogP contribution in [0.4, 0.5) is 4.79 Å². The third-order valence-corrected chi connectivity index (χ3v) is 2.88. The molecule has 0 aliphatic heterocycles. The molecular formula is C10H14N4O4S. The van der Waals surface area contributed by atoms with E-state index in [1.807, 2.05) is 12.3 Å². The third kappa shape index (κ3) is 6.36. The number of urea groups is 1. The molecule has 0 saturated carbocycles. The number of aryl methyl sites for hydroxylation is 1. The van der Waals surface area contributed by atoms with Gasteiger partial charge in [-0.1, -0.05) is 0 Å². The number of aromatic nitrogens is 1. The summed E-state index contributed by atoms with van der Waals surface area (Å²) in [5.41, 5.74) is 0.884. The second kappa shape index (κ2) is 7.31. The van der Waals surface area contributed by atoms with Crippen LogP contribution in [0, 0.1) is 6.92 Å². The van der Waals surface area contributed by atoms with Crippen molar-refractivity contribution in [2.24, 2.45) is 0 Å². The summed E-state index contributed by atoms with van der Waals surface area (Å²) in [4.78, 5) is 36.8. The van der Waals surface area contributed by atoms with Gasteiger partial charge < -0.3 is 21.1 Å². The number of carbonyl (C=O) groups excluding carboxylic acids is 2. The Labute approximate surface area is 113 Å². The van der Waals surface area contributed by atoms with Crippen LogP contribution < -0.4 is 16.0 Å². The van der Waals surface area contributed by atoms with Crippen molar-refractivity contribution in [2.45, 2.75) is 13.5 Å². The van der Waals surface area contributed by atoms with Crippen LogP contribution in [-0.4, -0.2) is 41.1 Å². The number of aliphatic carboxylic acids is 1. The Morgan fingerprint density at radius 3 is 2.58 bits per heavy atom. The largest absolute Gasteiger partial charge is 0.480 e. The van der Waals surface area contributed by atoms with Crippen molar-refractivity contribution in [1.82, 2.24) is 20.9 Å². The van der Waals surface area contributed by atoms with Gasteiger partial charge in [-0.15, -0.1) is 11.3 Å². The lowest BCUT2D eigenvalue weighted by Crippen LogP contribution is -2.42. The zero-order chi connectivity index (χ0) is 14.3. The summed E-state index contributed by atoms with van der Waals surface area (Å²) in [7, 11) is 0. The van der Waals surface area contributed by atoms with E-state index in [1.165, 1.54) is 11.3 Å². The average molecular weight is 286 g/mol. The topological polar surface area (TPSA) is 120 Å². The highest BCUT2D eigenvalue weighted by atomic mass is 32.1. The first-order chi connectivity index (χ1) is 8.97. The van der Waals surface area contributed by atoms with Crippen molar-refractivity contribution in [3.05, 3.63) is 16.1 Å². The van der Waals surface area contributed by atoms with Gasteiger partial charge in [0, 0.05) is 11.1 Å². The predicted octanol–water partition coefficient (Wildman–Crippen LogP) is -0.548. The Kier molecular flexibility index (Phi) is 5.73. The smallest absolute Gasteiger partial charge is 0.322 e. The Morgan fingerprint density at radius 1 is 1.26 bits per heavy atom. The van der Waals surface area contributed by atoms with E-state index in [1.54, 1.807) is 0 Å². The number of nitrogens with zero attached hydrogens (tertiary/aromatic N) is 1. The van der Waals surface area contributed by atoms with Crippen molar-refractivity contribution in [1.29, 1.82) is 0 Å². The first-order valence-electron chi connectivity index (χ1n) is 5.38. The molecule has 0 atom stereocenters. The standard InChI is InChI=1S/C10H14N4O4S/c1-6-5-19-8(14-6)3-13-10(18)12-2-7(15)11-4-9(16)17/h5H,2-4H2,1H3,(H,11,15)(H,16,17)(H2,12,13,18). The van der Waals surface area contributed by atoms with Crippen molar-refractivity contribution in [3.63, 3.8) is 0 Å². The summed E-state index contributed by atoms with van der Waals surface area (Å²) in [6.07, 6.45) is 0. The molecule has 0 aliphatic rings. The van der Waals surface area contributed by atoms with E-state index < -0.39 is 24.5 Å². The summed E-state index contributed by atoms with van der Waals surface area (Å²) in [5, 5.41) is 17.9. The zero-order valence-electron chi connectivity index (χ0n) is 10.2. The number of amides is 3. The van der Waals surface area contributed by atoms with Crippen LogP contribution in [-0.2, 0) is 16.1 Å². The average Bonchev–Trinajstić information content (AvgIpc) is 2.77. The third-order valence-electron chi connectivity index (χ3n) is 1.91. The molecule has 19 heavy (non-hydrogen) atoms. The number of thiazole rings is 1. The fraction of sp³-hybridized carbons (Fsp3) is 0.400. The number of hydrogen-bond donors (Lipinski definition) is 4. The van der Waals surface area contributed by atoms with Crippen molar-refractivity contribution >= 4 is 29.2 Å². The maximum Gasteiger partial charge on any atom is 0.322 e. The minimum Gasteiger partial charge on any atom is -0.480 e. The maximum atomic E-state index is 11.3. The van der Waals surface area contributed by atoms with E-state index in [0.717, 1.165) is 10.7 Å². The molecule has 1 aromatic heterocycles. The predicted molar refractivity (Wildman–Crippen MR) is 67.7 cm³/mol. The van der Waals surface area contributed by atoms with Gasteiger partial charge in [0.25, 0.3) is 0 Å². The summed E-state index contributed by atoms with van der Waals surface area (Å²) in [6.45, 7) is 1.38. The van der Waals surface area contributed by atoms with Crippen molar-refractivity contribution < 1.29 is 19.5 Å². The molecule has 0 spiro atoms. The second-order valence-electron chi connectivity index (χ2n) is 3.59. The molecule has 3 amide bonds. The van der Waals surface area contributed by atoms with E-state index in [9.17, 15) is 14.4 Å². The van der Waals surface area contributed by atoms with E-state index in [2.05, 4.69) is 20.9 Å². The highest BCUT2D eigenvalue weighted by Crippen LogP contribution is 2.07. The van der Waals surface area contributed by atoms with E-state index in [-0.39, 0.29) is 13.1 Å². The summed E-state index contributed by atoms with van der Waals surface area (Å²) < 4.78 is 0. The Morgan fingerprint density at radius 2 is 2.00 bits per heavy atom. The molecule has 1 aromatic rings. The molecule has 8 nitrogen and oxygen atoms in total. The SMILES string of the molecule is Cc1csc(CNC(=O)NCC(=O)NCC(=O)O)n1. The van der Waals surface area contributed by atoms with Gasteiger partial charge in [-0.3, -0.25) is 9.59 Å². The number of carboxylic acid groups (broad SMARTS) is 1. The van der Waals surface area contributed by atoms with Crippen LogP contribution in [0.5, 0.6) is 0 Å². The molecule has 104 valence electrons. The minimum absolute atomic E-state index is 0.279. The maximum absolute atomic E-state index is 11.3. The Hall–Kier alpha value is -2.16. The summed E-state index contributed by atoms with van der Waals surface area (Å²) >= 11 is 1.43. The second-order valence-corrected chi connectivity index (χ2v) is 4.53. The van der Waals surface area contributed by atoms with Gasteiger partial charge in [0.1, 0.15) is 11.6 Å². The van der Waals surface area contributed by atoms with E-state index in [4.69, 9.17) is 5.11 Å². The number of carboxylic acids is 1. The quantitative estimate of drug-likeness (QED) is 0.559. The lowest BCUT2D eigenvalue weighted by Gasteiger charge is -2.06. The van der Waals surface area contributed by atoms with E-state index in [0.29, 0.717) is 0 Å². The first-order valence-corrected chi connectivity index (χ1v) is 6.26. The normalized spacial score (nSPS) is 9.74. The molecule has 0 bridgehead atoms. The molecule has 9 heteroatoms. The molecule has 0 radical (unpaired) electrons. The zero-order valence-corrected chi connectivity index (χ0v) is 11.0. The van der Waals surface area contributed by atoms with Gasteiger partial charge in [0.2, 0.25) is 5.91 Å². The van der Waals surface area contributed by atoms with Crippen LogP contribution in [0.2, 0.25) is 0 Å². The van der Waals surface area contributed by atoms with Gasteiger partial charge in [0.05, 0.1) is 13.1 Å². The van der Waals surface area contributed by atoms with Crippen LogP contribution in [0.1, 0.15) is 10.7 Å². The first kappa shape index (κ1) is 14.9. The van der Waals surface area contributed by atoms with Gasteiger partial charge in [-0.05, 0) is 6.92 Å². The number of carbonyl (C=O) groups is 3. The van der Waals surface area contributed by atoms with Crippen LogP contribution in [0.3, 0.4) is 0 Å². The molecular weight excluding hydrogens is 272 g/mol. The highest BCUT2D eigenvalue weighted by Gasteiger charge is 2.07. The Bertz CT molecular complexity index is 474. The molecule has 0 aromatic carbocycles. The van der Waals surface area contributed by atoms with Gasteiger partial charge in [0.15, 0.2) is 0 Å². The minimum atomic E-state index is -1.14. The number of rotatable bonds is 6. The van der Waals surface area contributed by atoms with Crippen LogP contribution in [0.15, 0.2) is 5.38 Å². The van der Waals surface area contributed by atoms with Gasteiger partial charge >= 0.3 is 12.0 Å². The molecule has 1 heterocycles. The monoisotopic (exact) mass is 286 g/mol. The van der Waals surface area contributed by atoms with Crippen LogP contribution >= 0.6 is 11.3 Å². The molecule has 0 fully saturated rings. The van der Waals surface area contributed by atoms with Crippen LogP contribution in [0.25, 0.3) is 0 Å². The van der Waals surface area contributed by atoms with Gasteiger partial charge in [-0.25, -0.2) is 9.78 Å². The molecule has 0 aliphatic carbocycles. The van der Waals surface area contributed by atoms with Crippen molar-refractivity contribution in [2.75, 3.05) is 13.1 Å². The fourth-order valence-electron chi connectivity index (χ4n) is 1.10. The van der Waals surface area contributed by atoms with Gasteiger partial charge in [-0.2, -0.15) is 0 Å². The summed E-state index contributed by atoms with van der Waals surface area (Å²) in [5.74, 6) is -1.71. The molecule has 0 saturated heterocycles. The summed E-state index contributed by atoms with van der Waals surface area (Å²) in [6, 6.07) is -0.515. The number of nitrogens with one attached hydrogen (secondary N) is 3. The fourth-order valence-corrected chi connectivity index (χ4v) is 1.81. The molecule has 4 N–H and O–H groups in total. The highest BCUT2D eigenvalue weighted by molar-refractivity contribution is 7.09. The lowest BCUT2D eigenvalue weighted by atomic mass is 10.5. The molecule has 0 unspecified atom stereocenters.